The summed E-state index contributed by atoms with van der Waals surface area (Å²) in [6.07, 6.45) is 0. The van der Waals surface area contributed by atoms with Gasteiger partial charge in [0.15, 0.2) is 4.71 Å². The molecule has 0 aromatic heterocycles. The predicted octanol–water partition coefficient (Wildman–Crippen LogP) is 0.647. The van der Waals surface area contributed by atoms with Gasteiger partial charge in [0, 0.05) is 0 Å². The van der Waals surface area contributed by atoms with Gasteiger partial charge in [0.1, 0.15) is 11.9 Å². The van der Waals surface area contributed by atoms with Crippen LogP contribution in [-0.2, 0) is 0 Å². The van der Waals surface area contributed by atoms with Crippen molar-refractivity contribution in [2.75, 3.05) is 7.05 Å². The van der Waals surface area contributed by atoms with Crippen LogP contribution in [0.5, 0.6) is 0 Å². The molecule has 0 aromatic carbocycles. The minimum atomic E-state index is 0.190. The molecule has 1 aliphatic rings. The Morgan fingerprint density at radius 2 is 2.00 bits per heavy atom. The maximum Gasteiger partial charge on any atom is 0.156 e. The summed E-state index contributed by atoms with van der Waals surface area (Å²) >= 11 is 7.86. The fourth-order valence-corrected chi connectivity index (χ4v) is 3.15. The van der Waals surface area contributed by atoms with E-state index in [1.54, 1.807) is 11.9 Å². The molecular weight excluding hydrogens is 180 g/mol. The zero-order chi connectivity index (χ0) is 8.65. The van der Waals surface area contributed by atoms with Gasteiger partial charge in [-0.3, -0.25) is 0 Å². The molecule has 0 spiro atoms. The Bertz CT molecular complexity index is 146. The number of rotatable bonds is 0. The van der Waals surface area contributed by atoms with E-state index in [0.29, 0.717) is 6.04 Å². The Kier molecular flexibility index (Phi) is 2.74. The van der Waals surface area contributed by atoms with Crippen LogP contribution in [0.3, 0.4) is 0 Å². The molecule has 2 nitrogen and oxygen atoms in total. The van der Waals surface area contributed by atoms with Gasteiger partial charge in [-0.1, -0.05) is 20.8 Å². The molecule has 1 rings (SSSR count). The monoisotopic (exact) mass is 195 g/mol. The Balaban J connectivity index is 2.60. The second kappa shape index (κ2) is 3.13. The van der Waals surface area contributed by atoms with E-state index in [0.717, 1.165) is 0 Å². The third-order valence-corrected chi connectivity index (χ3v) is 3.33. The standard InChI is InChI=1S/C7H15ClN2S/c1-7(2,3)5-6(8)11-10(4)9-5/h5-6,9H,1-4H3/p+1. The average molecular weight is 196 g/mol. The fourth-order valence-electron chi connectivity index (χ4n) is 1.17. The summed E-state index contributed by atoms with van der Waals surface area (Å²) < 4.78 is 1.43. The Morgan fingerprint density at radius 1 is 1.45 bits per heavy atom. The molecular formula is C7H16ClN2S+. The lowest BCUT2D eigenvalue weighted by Gasteiger charge is -2.25. The van der Waals surface area contributed by atoms with Crippen LogP contribution in [0, 0.1) is 5.41 Å². The molecule has 3 unspecified atom stereocenters. The summed E-state index contributed by atoms with van der Waals surface area (Å²) in [6.45, 7) is 6.62. The van der Waals surface area contributed by atoms with E-state index in [4.69, 9.17) is 11.6 Å². The van der Waals surface area contributed by atoms with Gasteiger partial charge in [-0.05, 0) is 5.41 Å². The van der Waals surface area contributed by atoms with E-state index in [9.17, 15) is 0 Å². The largest absolute Gasteiger partial charge is 0.198 e. The Hall–Kier alpha value is 0.560. The smallest absolute Gasteiger partial charge is 0.156 e. The van der Waals surface area contributed by atoms with Crippen molar-refractivity contribution < 1.29 is 4.41 Å². The first-order valence-electron chi connectivity index (χ1n) is 3.82. The first kappa shape index (κ1) is 9.65. The summed E-state index contributed by atoms with van der Waals surface area (Å²) in [5.74, 6) is 0. The van der Waals surface area contributed by atoms with Crippen LogP contribution in [0.25, 0.3) is 0 Å². The van der Waals surface area contributed by atoms with Crippen molar-refractivity contribution in [1.29, 1.82) is 0 Å². The van der Waals surface area contributed by atoms with Crippen LogP contribution < -0.4 is 9.84 Å². The third-order valence-electron chi connectivity index (χ3n) is 1.84. The topological polar surface area (TPSA) is 16.5 Å². The van der Waals surface area contributed by atoms with Gasteiger partial charge < -0.3 is 0 Å². The van der Waals surface area contributed by atoms with E-state index in [2.05, 4.69) is 33.2 Å². The molecule has 11 heavy (non-hydrogen) atoms. The molecule has 0 bridgehead atoms. The molecule has 1 heterocycles. The molecule has 3 atom stereocenters. The van der Waals surface area contributed by atoms with Crippen molar-refractivity contribution in [3.05, 3.63) is 0 Å². The maximum atomic E-state index is 6.14. The Labute approximate surface area is 77.8 Å². The zero-order valence-electron chi connectivity index (χ0n) is 7.44. The van der Waals surface area contributed by atoms with Crippen molar-refractivity contribution in [2.24, 2.45) is 5.41 Å². The summed E-state index contributed by atoms with van der Waals surface area (Å²) in [5.41, 5.74) is 3.64. The first-order valence-corrected chi connectivity index (χ1v) is 5.13. The SMILES string of the molecule is C[NH+]1NC(C(C)(C)C)C(Cl)S1. The van der Waals surface area contributed by atoms with Crippen LogP contribution in [0.15, 0.2) is 0 Å². The summed E-state index contributed by atoms with van der Waals surface area (Å²) in [6, 6.07) is 0.397. The van der Waals surface area contributed by atoms with Crippen LogP contribution in [-0.4, -0.2) is 17.8 Å². The van der Waals surface area contributed by atoms with E-state index >= 15 is 0 Å². The summed E-state index contributed by atoms with van der Waals surface area (Å²) in [4.78, 5) is 0. The minimum absolute atomic E-state index is 0.190. The van der Waals surface area contributed by atoms with Gasteiger partial charge in [0.2, 0.25) is 0 Å². The molecule has 0 aliphatic carbocycles. The number of alkyl halides is 1. The second-order valence-corrected chi connectivity index (χ2v) is 6.10. The number of halogens is 1. The molecule has 0 amide bonds. The van der Waals surface area contributed by atoms with Gasteiger partial charge in [-0.25, -0.2) is 0 Å². The highest BCUT2D eigenvalue weighted by Crippen LogP contribution is 2.30. The van der Waals surface area contributed by atoms with E-state index in [-0.39, 0.29) is 10.1 Å². The van der Waals surface area contributed by atoms with Gasteiger partial charge in [0.25, 0.3) is 0 Å². The van der Waals surface area contributed by atoms with Gasteiger partial charge in [0.05, 0.1) is 13.1 Å². The van der Waals surface area contributed by atoms with Crippen LogP contribution >= 0.6 is 23.5 Å². The van der Waals surface area contributed by atoms with Crippen molar-refractivity contribution in [1.82, 2.24) is 5.43 Å². The molecule has 0 radical (unpaired) electrons. The number of hydrogen-bond acceptors (Lipinski definition) is 2. The quantitative estimate of drug-likeness (QED) is 0.436. The molecule has 0 saturated carbocycles. The summed E-state index contributed by atoms with van der Waals surface area (Å²) in [5, 5.41) is 0. The lowest BCUT2D eigenvalue weighted by molar-refractivity contribution is -0.782. The van der Waals surface area contributed by atoms with E-state index in [1.807, 2.05) is 0 Å². The van der Waals surface area contributed by atoms with Crippen molar-refractivity contribution in [2.45, 2.75) is 31.5 Å². The van der Waals surface area contributed by atoms with Gasteiger partial charge in [-0.15, -0.1) is 11.6 Å². The minimum Gasteiger partial charge on any atom is -0.198 e. The molecule has 4 heteroatoms. The lowest BCUT2D eigenvalue weighted by Crippen LogP contribution is -3.08. The third kappa shape index (κ3) is 2.25. The molecule has 2 N–H and O–H groups in total. The number of nitrogens with one attached hydrogen (secondary N) is 2. The normalized spacial score (nSPS) is 39.5. The molecule has 1 aliphatic heterocycles. The van der Waals surface area contributed by atoms with E-state index < -0.39 is 0 Å². The first-order chi connectivity index (χ1) is 4.91. The van der Waals surface area contributed by atoms with Crippen molar-refractivity contribution >= 4 is 23.5 Å². The highest BCUT2D eigenvalue weighted by molar-refractivity contribution is 7.95. The summed E-state index contributed by atoms with van der Waals surface area (Å²) in [7, 11) is 2.08. The average Bonchev–Trinajstić information content (AvgIpc) is 2.08. The second-order valence-electron chi connectivity index (χ2n) is 4.01. The highest BCUT2D eigenvalue weighted by Gasteiger charge is 2.42. The van der Waals surface area contributed by atoms with Gasteiger partial charge in [-0.2, -0.15) is 9.84 Å². The van der Waals surface area contributed by atoms with Crippen LogP contribution in [0.4, 0.5) is 0 Å². The number of quaternary nitrogens is 1. The van der Waals surface area contributed by atoms with Crippen LogP contribution in [0.1, 0.15) is 20.8 Å². The molecule has 1 fully saturated rings. The number of hydrogen-bond donors (Lipinski definition) is 2. The molecule has 1 saturated heterocycles. The maximum absolute atomic E-state index is 6.14. The van der Waals surface area contributed by atoms with Gasteiger partial charge >= 0.3 is 0 Å². The fraction of sp³-hybridized carbons (Fsp3) is 1.00. The zero-order valence-corrected chi connectivity index (χ0v) is 9.01. The van der Waals surface area contributed by atoms with Crippen LogP contribution in [0.2, 0.25) is 0 Å². The predicted molar refractivity (Wildman–Crippen MR) is 50.5 cm³/mol. The van der Waals surface area contributed by atoms with E-state index in [1.165, 1.54) is 4.41 Å². The molecule has 66 valence electrons. The van der Waals surface area contributed by atoms with Crippen molar-refractivity contribution in [3.63, 3.8) is 0 Å². The highest BCUT2D eigenvalue weighted by atomic mass is 35.5. The lowest BCUT2D eigenvalue weighted by atomic mass is 9.88. The molecule has 0 aromatic rings. The Morgan fingerprint density at radius 3 is 2.18 bits per heavy atom. The van der Waals surface area contributed by atoms with Crippen molar-refractivity contribution in [3.8, 4) is 0 Å².